The van der Waals surface area contributed by atoms with Crippen LogP contribution in [0, 0.1) is 0 Å². The Kier molecular flexibility index (Phi) is 2.30. The summed E-state index contributed by atoms with van der Waals surface area (Å²) in [5, 5.41) is 1.90. The molecule has 1 aliphatic carbocycles. The number of ketones is 1. The minimum atomic E-state index is -0.562. The van der Waals surface area contributed by atoms with Crippen LogP contribution in [0.3, 0.4) is 0 Å². The third-order valence-electron chi connectivity index (χ3n) is 2.52. The average molecular weight is 260 g/mol. The molecule has 2 rings (SSSR count). The molecular formula is C9H10BrNOS. The number of hydrogen-bond acceptors (Lipinski definition) is 3. The maximum Gasteiger partial charge on any atom is 0.193 e. The molecule has 0 unspecified atom stereocenters. The summed E-state index contributed by atoms with van der Waals surface area (Å²) in [6.07, 6.45) is 2.73. The Morgan fingerprint density at radius 3 is 2.69 bits per heavy atom. The van der Waals surface area contributed by atoms with Crippen LogP contribution in [-0.4, -0.2) is 11.3 Å². The van der Waals surface area contributed by atoms with Crippen LogP contribution < -0.4 is 5.73 Å². The lowest BCUT2D eigenvalue weighted by molar-refractivity contribution is 0.0804. The second kappa shape index (κ2) is 3.19. The zero-order valence-corrected chi connectivity index (χ0v) is 9.45. The van der Waals surface area contributed by atoms with Gasteiger partial charge in [0, 0.05) is 4.47 Å². The Morgan fingerprint density at radius 2 is 2.31 bits per heavy atom. The van der Waals surface area contributed by atoms with Gasteiger partial charge in [0.05, 0.1) is 10.4 Å². The molecule has 2 nitrogen and oxygen atoms in total. The smallest absolute Gasteiger partial charge is 0.193 e. The average Bonchev–Trinajstić information content (AvgIpc) is 2.46. The molecule has 1 aliphatic rings. The Labute approximate surface area is 89.3 Å². The number of carbonyl (C=O) groups is 1. The molecule has 0 bridgehead atoms. The van der Waals surface area contributed by atoms with E-state index in [9.17, 15) is 4.79 Å². The predicted molar refractivity (Wildman–Crippen MR) is 57.1 cm³/mol. The van der Waals surface area contributed by atoms with Crippen molar-refractivity contribution in [1.82, 2.24) is 0 Å². The third-order valence-corrected chi connectivity index (χ3v) is 4.36. The van der Waals surface area contributed by atoms with Crippen molar-refractivity contribution in [2.24, 2.45) is 5.73 Å². The van der Waals surface area contributed by atoms with Crippen molar-refractivity contribution in [3.63, 3.8) is 0 Å². The van der Waals surface area contributed by atoms with Gasteiger partial charge in [0.15, 0.2) is 5.78 Å². The summed E-state index contributed by atoms with van der Waals surface area (Å²) >= 11 is 4.80. The number of hydrogen-bond donors (Lipinski definition) is 1. The largest absolute Gasteiger partial charge is 0.319 e. The van der Waals surface area contributed by atoms with Crippen LogP contribution in [0.25, 0.3) is 0 Å². The topological polar surface area (TPSA) is 43.1 Å². The first-order valence-corrected chi connectivity index (χ1v) is 5.87. The maximum absolute atomic E-state index is 11.9. The molecule has 0 atom stereocenters. The first-order valence-electron chi connectivity index (χ1n) is 4.20. The molecule has 13 heavy (non-hydrogen) atoms. The highest BCUT2D eigenvalue weighted by molar-refractivity contribution is 9.10. The highest BCUT2D eigenvalue weighted by Gasteiger charge is 2.41. The summed E-state index contributed by atoms with van der Waals surface area (Å²) in [6.45, 7) is 0. The molecule has 1 saturated carbocycles. The van der Waals surface area contributed by atoms with E-state index in [1.54, 1.807) is 0 Å². The number of thiophene rings is 1. The normalized spacial score (nSPS) is 19.5. The number of Topliss-reactive ketones (excluding diaryl/α,β-unsaturated/α-hetero) is 1. The Balaban J connectivity index is 2.27. The van der Waals surface area contributed by atoms with E-state index in [0.29, 0.717) is 0 Å². The molecule has 0 saturated heterocycles. The van der Waals surface area contributed by atoms with Gasteiger partial charge in [-0.3, -0.25) is 4.79 Å². The standard InChI is InChI=1S/C9H10BrNOS/c10-6-2-5-13-7(6)8(12)9(11)3-1-4-9/h2,5H,1,3-4,11H2. The summed E-state index contributed by atoms with van der Waals surface area (Å²) in [4.78, 5) is 12.7. The van der Waals surface area contributed by atoms with E-state index in [4.69, 9.17) is 5.73 Å². The van der Waals surface area contributed by atoms with E-state index in [1.165, 1.54) is 11.3 Å². The number of nitrogens with two attached hydrogens (primary N) is 1. The van der Waals surface area contributed by atoms with E-state index in [1.807, 2.05) is 11.4 Å². The summed E-state index contributed by atoms with van der Waals surface area (Å²) in [5.74, 6) is 0.0978. The first kappa shape index (κ1) is 9.37. The molecule has 1 aromatic rings. The van der Waals surface area contributed by atoms with Gasteiger partial charge in [0.2, 0.25) is 0 Å². The van der Waals surface area contributed by atoms with Gasteiger partial charge in [0.1, 0.15) is 0 Å². The molecule has 1 heterocycles. The van der Waals surface area contributed by atoms with Crippen LogP contribution >= 0.6 is 27.3 Å². The Hall–Kier alpha value is -0.190. The summed E-state index contributed by atoms with van der Waals surface area (Å²) in [5.41, 5.74) is 5.38. The van der Waals surface area contributed by atoms with Crippen molar-refractivity contribution >= 4 is 33.0 Å². The minimum Gasteiger partial charge on any atom is -0.319 e. The van der Waals surface area contributed by atoms with Crippen molar-refractivity contribution in [3.8, 4) is 0 Å². The molecule has 0 amide bonds. The van der Waals surface area contributed by atoms with Gasteiger partial charge in [-0.05, 0) is 46.6 Å². The summed E-state index contributed by atoms with van der Waals surface area (Å²) < 4.78 is 0.874. The fraction of sp³-hybridized carbons (Fsp3) is 0.444. The first-order chi connectivity index (χ1) is 6.13. The SMILES string of the molecule is NC1(C(=O)c2sccc2Br)CCC1. The van der Waals surface area contributed by atoms with Crippen molar-refractivity contribution < 1.29 is 4.79 Å². The van der Waals surface area contributed by atoms with Gasteiger partial charge in [-0.25, -0.2) is 0 Å². The lowest BCUT2D eigenvalue weighted by Gasteiger charge is -2.35. The lowest BCUT2D eigenvalue weighted by Crippen LogP contribution is -2.53. The van der Waals surface area contributed by atoms with Crippen molar-refractivity contribution in [2.45, 2.75) is 24.8 Å². The van der Waals surface area contributed by atoms with Crippen molar-refractivity contribution in [2.75, 3.05) is 0 Å². The van der Waals surface area contributed by atoms with E-state index < -0.39 is 5.54 Å². The van der Waals surface area contributed by atoms with Gasteiger partial charge in [-0.2, -0.15) is 0 Å². The fourth-order valence-electron chi connectivity index (χ4n) is 1.47. The van der Waals surface area contributed by atoms with Crippen LogP contribution in [-0.2, 0) is 0 Å². The minimum absolute atomic E-state index is 0.0978. The zero-order valence-electron chi connectivity index (χ0n) is 7.05. The van der Waals surface area contributed by atoms with Crippen LogP contribution in [0.5, 0.6) is 0 Å². The van der Waals surface area contributed by atoms with Gasteiger partial charge < -0.3 is 5.73 Å². The third kappa shape index (κ3) is 1.47. The van der Waals surface area contributed by atoms with E-state index in [-0.39, 0.29) is 5.78 Å². The van der Waals surface area contributed by atoms with Crippen molar-refractivity contribution in [3.05, 3.63) is 20.8 Å². The predicted octanol–water partition coefficient (Wildman–Crippen LogP) is 2.57. The van der Waals surface area contributed by atoms with Crippen molar-refractivity contribution in [1.29, 1.82) is 0 Å². The Bertz CT molecular complexity index is 343. The number of rotatable bonds is 2. The molecule has 1 aromatic heterocycles. The van der Waals surface area contributed by atoms with E-state index in [2.05, 4.69) is 15.9 Å². The monoisotopic (exact) mass is 259 g/mol. The molecule has 4 heteroatoms. The lowest BCUT2D eigenvalue weighted by atomic mass is 9.74. The van der Waals surface area contributed by atoms with Crippen LogP contribution in [0.2, 0.25) is 0 Å². The molecule has 2 N–H and O–H groups in total. The van der Waals surface area contributed by atoms with Crippen LogP contribution in [0.4, 0.5) is 0 Å². The second-order valence-electron chi connectivity index (χ2n) is 3.44. The number of carbonyl (C=O) groups excluding carboxylic acids is 1. The van der Waals surface area contributed by atoms with Gasteiger partial charge in [-0.1, -0.05) is 0 Å². The quantitative estimate of drug-likeness (QED) is 0.830. The fourth-order valence-corrected chi connectivity index (χ4v) is 3.07. The van der Waals surface area contributed by atoms with E-state index in [0.717, 1.165) is 28.6 Å². The summed E-state index contributed by atoms with van der Waals surface area (Å²) in [6, 6.07) is 1.89. The van der Waals surface area contributed by atoms with Gasteiger partial charge >= 0.3 is 0 Å². The van der Waals surface area contributed by atoms with E-state index >= 15 is 0 Å². The molecule has 1 fully saturated rings. The highest BCUT2D eigenvalue weighted by Crippen LogP contribution is 2.35. The van der Waals surface area contributed by atoms with Crippen LogP contribution in [0.15, 0.2) is 15.9 Å². The molecule has 0 radical (unpaired) electrons. The molecule has 0 aromatic carbocycles. The second-order valence-corrected chi connectivity index (χ2v) is 5.21. The maximum atomic E-state index is 11.9. The number of halogens is 1. The highest BCUT2D eigenvalue weighted by atomic mass is 79.9. The van der Waals surface area contributed by atoms with Crippen LogP contribution in [0.1, 0.15) is 28.9 Å². The van der Waals surface area contributed by atoms with Gasteiger partial charge in [0.25, 0.3) is 0 Å². The molecule has 0 aliphatic heterocycles. The van der Waals surface area contributed by atoms with Gasteiger partial charge in [-0.15, -0.1) is 11.3 Å². The zero-order chi connectivity index (χ0) is 9.47. The molecule has 0 spiro atoms. The molecule has 70 valence electrons. The summed E-state index contributed by atoms with van der Waals surface area (Å²) in [7, 11) is 0. The Morgan fingerprint density at radius 1 is 1.62 bits per heavy atom. The molecular weight excluding hydrogens is 250 g/mol.